The largest absolute Gasteiger partial charge is 0.418 e. The number of carbonyl (C=O) groups excluding carboxylic acids is 1. The van der Waals surface area contributed by atoms with Crippen molar-refractivity contribution in [1.29, 1.82) is 0 Å². The smallest absolute Gasteiger partial charge is 0.394 e. The second-order valence-electron chi connectivity index (χ2n) is 4.66. The van der Waals surface area contributed by atoms with Crippen LogP contribution in [-0.4, -0.2) is 23.3 Å². The maximum atomic E-state index is 12.7. The average Bonchev–Trinajstić information content (AvgIpc) is 2.27. The molecule has 1 aromatic carbocycles. The van der Waals surface area contributed by atoms with Crippen molar-refractivity contribution < 1.29 is 23.1 Å². The van der Waals surface area contributed by atoms with Gasteiger partial charge < -0.3 is 15.7 Å². The molecule has 0 bridgehead atoms. The predicted molar refractivity (Wildman–Crippen MR) is 64.8 cm³/mol. The minimum Gasteiger partial charge on any atom is -0.394 e. The number of anilines is 1. The molecular formula is C12H15F3N2O2. The van der Waals surface area contributed by atoms with Crippen molar-refractivity contribution in [2.24, 2.45) is 0 Å². The Hall–Kier alpha value is -1.76. The van der Waals surface area contributed by atoms with Crippen molar-refractivity contribution in [3.05, 3.63) is 29.8 Å². The molecule has 7 heteroatoms. The maximum absolute atomic E-state index is 12.7. The molecule has 0 aromatic heterocycles. The Morgan fingerprint density at radius 3 is 2.37 bits per heavy atom. The summed E-state index contributed by atoms with van der Waals surface area (Å²) in [6.07, 6.45) is -4.55. The Kier molecular flexibility index (Phi) is 4.41. The SMILES string of the molecule is CC(C)(CO)NC(=O)Nc1ccccc1C(F)(F)F. The fraction of sp³-hybridized carbons (Fsp3) is 0.417. The lowest BCUT2D eigenvalue weighted by Crippen LogP contribution is -2.48. The van der Waals surface area contributed by atoms with Crippen molar-refractivity contribution in [1.82, 2.24) is 5.32 Å². The van der Waals surface area contributed by atoms with Gasteiger partial charge in [-0.2, -0.15) is 13.2 Å². The van der Waals surface area contributed by atoms with Gasteiger partial charge >= 0.3 is 12.2 Å². The molecule has 1 rings (SSSR count). The highest BCUT2D eigenvalue weighted by Crippen LogP contribution is 2.34. The molecule has 0 fully saturated rings. The topological polar surface area (TPSA) is 61.4 Å². The number of hydrogen-bond acceptors (Lipinski definition) is 2. The number of alkyl halides is 3. The van der Waals surface area contributed by atoms with Crippen molar-refractivity contribution in [3.63, 3.8) is 0 Å². The molecule has 0 saturated heterocycles. The quantitative estimate of drug-likeness (QED) is 0.794. The van der Waals surface area contributed by atoms with Gasteiger partial charge in [-0.15, -0.1) is 0 Å². The van der Waals surface area contributed by atoms with Crippen LogP contribution in [0.2, 0.25) is 0 Å². The van der Waals surface area contributed by atoms with Gasteiger partial charge in [-0.05, 0) is 26.0 Å². The zero-order chi connectivity index (χ0) is 14.7. The first-order valence-electron chi connectivity index (χ1n) is 5.52. The number of aliphatic hydroxyl groups is 1. The van der Waals surface area contributed by atoms with Gasteiger partial charge in [0.2, 0.25) is 0 Å². The van der Waals surface area contributed by atoms with Crippen molar-refractivity contribution in [2.45, 2.75) is 25.6 Å². The van der Waals surface area contributed by atoms with Crippen LogP contribution < -0.4 is 10.6 Å². The Bertz CT molecular complexity index is 459. The van der Waals surface area contributed by atoms with E-state index in [2.05, 4.69) is 10.6 Å². The number of para-hydroxylation sites is 1. The summed E-state index contributed by atoms with van der Waals surface area (Å²) >= 11 is 0. The number of carbonyl (C=O) groups is 1. The van der Waals surface area contributed by atoms with Crippen LogP contribution in [0.15, 0.2) is 24.3 Å². The summed E-state index contributed by atoms with van der Waals surface area (Å²) in [4.78, 5) is 11.6. The number of aliphatic hydroxyl groups excluding tert-OH is 1. The molecule has 0 heterocycles. The van der Waals surface area contributed by atoms with Crippen LogP contribution in [0.25, 0.3) is 0 Å². The monoisotopic (exact) mass is 276 g/mol. The fourth-order valence-corrected chi connectivity index (χ4v) is 1.34. The van der Waals surface area contributed by atoms with E-state index in [0.29, 0.717) is 0 Å². The summed E-state index contributed by atoms with van der Waals surface area (Å²) in [5, 5.41) is 13.5. The highest BCUT2D eigenvalue weighted by Gasteiger charge is 2.33. The molecule has 1 aromatic rings. The molecule has 0 unspecified atom stereocenters. The third-order valence-corrected chi connectivity index (χ3v) is 2.33. The minimum absolute atomic E-state index is 0.332. The molecule has 2 amide bonds. The minimum atomic E-state index is -4.55. The third kappa shape index (κ3) is 4.44. The molecular weight excluding hydrogens is 261 g/mol. The van der Waals surface area contributed by atoms with Crippen LogP contribution in [-0.2, 0) is 6.18 Å². The Morgan fingerprint density at radius 1 is 1.26 bits per heavy atom. The van der Waals surface area contributed by atoms with Crippen molar-refractivity contribution in [2.75, 3.05) is 11.9 Å². The standard InChI is InChI=1S/C12H15F3N2O2/c1-11(2,7-18)17-10(19)16-9-6-4-3-5-8(9)12(13,14)15/h3-6,18H,7H2,1-2H3,(H2,16,17,19). The fourth-order valence-electron chi connectivity index (χ4n) is 1.34. The van der Waals surface area contributed by atoms with Crippen LogP contribution in [0.4, 0.5) is 23.7 Å². The first-order valence-corrected chi connectivity index (χ1v) is 5.52. The number of hydrogen-bond donors (Lipinski definition) is 3. The first-order chi connectivity index (χ1) is 8.65. The summed E-state index contributed by atoms with van der Waals surface area (Å²) in [6.45, 7) is 2.76. The lowest BCUT2D eigenvalue weighted by molar-refractivity contribution is -0.136. The van der Waals surface area contributed by atoms with Crippen LogP contribution in [0.1, 0.15) is 19.4 Å². The molecule has 0 aliphatic rings. The van der Waals surface area contributed by atoms with E-state index in [1.807, 2.05) is 0 Å². The molecule has 4 nitrogen and oxygen atoms in total. The molecule has 0 radical (unpaired) electrons. The second kappa shape index (κ2) is 5.48. The number of amides is 2. The summed E-state index contributed by atoms with van der Waals surface area (Å²) in [6, 6.07) is 3.86. The zero-order valence-corrected chi connectivity index (χ0v) is 10.5. The van der Waals surface area contributed by atoms with Gasteiger partial charge in [0, 0.05) is 0 Å². The molecule has 0 aliphatic carbocycles. The van der Waals surface area contributed by atoms with E-state index in [1.165, 1.54) is 12.1 Å². The van der Waals surface area contributed by atoms with E-state index in [-0.39, 0.29) is 12.3 Å². The van der Waals surface area contributed by atoms with E-state index in [4.69, 9.17) is 5.11 Å². The zero-order valence-electron chi connectivity index (χ0n) is 10.5. The van der Waals surface area contributed by atoms with Gasteiger partial charge in [-0.3, -0.25) is 0 Å². The van der Waals surface area contributed by atoms with E-state index in [1.54, 1.807) is 13.8 Å². The van der Waals surface area contributed by atoms with Crippen LogP contribution in [0.3, 0.4) is 0 Å². The molecule has 0 spiro atoms. The number of halogens is 3. The molecule has 3 N–H and O–H groups in total. The molecule has 106 valence electrons. The van der Waals surface area contributed by atoms with Crippen molar-refractivity contribution in [3.8, 4) is 0 Å². The summed E-state index contributed by atoms with van der Waals surface area (Å²) < 4.78 is 38.1. The highest BCUT2D eigenvalue weighted by atomic mass is 19.4. The summed E-state index contributed by atoms with van der Waals surface area (Å²) in [5.41, 5.74) is -2.18. The normalized spacial score (nSPS) is 12.1. The van der Waals surface area contributed by atoms with E-state index in [0.717, 1.165) is 12.1 Å². The average molecular weight is 276 g/mol. The Balaban J connectivity index is 2.86. The van der Waals surface area contributed by atoms with E-state index in [9.17, 15) is 18.0 Å². The van der Waals surface area contributed by atoms with E-state index >= 15 is 0 Å². The number of rotatable bonds is 3. The number of nitrogens with one attached hydrogen (secondary N) is 2. The Morgan fingerprint density at radius 2 is 1.84 bits per heavy atom. The molecule has 0 aliphatic heterocycles. The van der Waals surface area contributed by atoms with Gasteiger partial charge in [0.1, 0.15) is 0 Å². The van der Waals surface area contributed by atoms with Gasteiger partial charge in [-0.25, -0.2) is 4.79 Å². The van der Waals surface area contributed by atoms with Crippen LogP contribution >= 0.6 is 0 Å². The van der Waals surface area contributed by atoms with E-state index < -0.39 is 23.3 Å². The molecule has 0 saturated carbocycles. The van der Waals surface area contributed by atoms with Crippen LogP contribution in [0, 0.1) is 0 Å². The summed E-state index contributed by atoms with van der Waals surface area (Å²) in [7, 11) is 0. The van der Waals surface area contributed by atoms with Crippen molar-refractivity contribution >= 4 is 11.7 Å². The first kappa shape index (κ1) is 15.3. The lowest BCUT2D eigenvalue weighted by atomic mass is 10.1. The number of urea groups is 1. The molecule has 0 atom stereocenters. The Labute approximate surface area is 108 Å². The maximum Gasteiger partial charge on any atom is 0.418 e. The highest BCUT2D eigenvalue weighted by molar-refractivity contribution is 5.90. The van der Waals surface area contributed by atoms with Gasteiger partial charge in [0.05, 0.1) is 23.4 Å². The van der Waals surface area contributed by atoms with Crippen LogP contribution in [0.5, 0.6) is 0 Å². The predicted octanol–water partition coefficient (Wildman–Crippen LogP) is 2.60. The molecule has 19 heavy (non-hydrogen) atoms. The van der Waals surface area contributed by atoms with Gasteiger partial charge in [-0.1, -0.05) is 12.1 Å². The second-order valence-corrected chi connectivity index (χ2v) is 4.66. The lowest BCUT2D eigenvalue weighted by Gasteiger charge is -2.24. The van der Waals surface area contributed by atoms with Gasteiger partial charge in [0.25, 0.3) is 0 Å². The van der Waals surface area contributed by atoms with Gasteiger partial charge in [0.15, 0.2) is 0 Å². The summed E-state index contributed by atoms with van der Waals surface area (Å²) in [5.74, 6) is 0. The number of benzene rings is 1. The third-order valence-electron chi connectivity index (χ3n) is 2.33.